The molecule has 1 aromatic carbocycles. The fraction of sp³-hybridized carbons (Fsp3) is 0.308. The fourth-order valence-electron chi connectivity index (χ4n) is 1.67. The van der Waals surface area contributed by atoms with E-state index in [9.17, 15) is 14.9 Å². The van der Waals surface area contributed by atoms with E-state index in [1.807, 2.05) is 14.0 Å². The Morgan fingerprint density at radius 1 is 1.41 bits per heavy atom. The lowest BCUT2D eigenvalue weighted by molar-refractivity contribution is -0.383. The molecule has 0 bridgehead atoms. The highest BCUT2D eigenvalue weighted by Crippen LogP contribution is 2.26. The van der Waals surface area contributed by atoms with Crippen LogP contribution in [0.4, 0.5) is 11.4 Å². The van der Waals surface area contributed by atoms with Crippen molar-refractivity contribution < 1.29 is 9.72 Å². The number of benzene rings is 1. The van der Waals surface area contributed by atoms with Gasteiger partial charge in [0.05, 0.1) is 10.2 Å². The maximum Gasteiger partial charge on any atom is 0.292 e. The first-order valence-electron chi connectivity index (χ1n) is 6.47. The molecule has 2 aromatic rings. The number of hydrogen-bond acceptors (Lipinski definition) is 6. The SMILES string of the molecule is Cc1nnc(S[C@H](C)C(=O)Nc2ccccc2[N+](=O)[O-])n1C. The molecule has 116 valence electrons. The molecule has 8 nitrogen and oxygen atoms in total. The Hall–Kier alpha value is -2.42. The first-order valence-corrected chi connectivity index (χ1v) is 7.35. The van der Waals surface area contributed by atoms with Crippen molar-refractivity contribution in [1.82, 2.24) is 14.8 Å². The average molecular weight is 321 g/mol. The molecule has 1 atom stereocenters. The van der Waals surface area contributed by atoms with Crippen LogP contribution in [-0.2, 0) is 11.8 Å². The summed E-state index contributed by atoms with van der Waals surface area (Å²) in [5, 5.41) is 21.6. The van der Waals surface area contributed by atoms with Crippen LogP contribution in [0.3, 0.4) is 0 Å². The number of aromatic nitrogens is 3. The predicted octanol–water partition coefficient (Wildman–Crippen LogP) is 2.15. The normalized spacial score (nSPS) is 12.0. The molecule has 0 aliphatic rings. The number of nitrogens with zero attached hydrogens (tertiary/aromatic N) is 4. The van der Waals surface area contributed by atoms with Gasteiger partial charge >= 0.3 is 0 Å². The number of aryl methyl sites for hydroxylation is 1. The number of nitrogens with one attached hydrogen (secondary N) is 1. The molecule has 0 saturated carbocycles. The summed E-state index contributed by atoms with van der Waals surface area (Å²) in [6.45, 7) is 3.52. The van der Waals surface area contributed by atoms with Crippen LogP contribution in [0.5, 0.6) is 0 Å². The lowest BCUT2D eigenvalue weighted by Gasteiger charge is -2.11. The van der Waals surface area contributed by atoms with E-state index in [2.05, 4.69) is 15.5 Å². The average Bonchev–Trinajstić information content (AvgIpc) is 2.79. The number of nitro groups is 1. The summed E-state index contributed by atoms with van der Waals surface area (Å²) < 4.78 is 1.78. The molecule has 1 amide bonds. The van der Waals surface area contributed by atoms with Crippen LogP contribution in [0.15, 0.2) is 29.4 Å². The molecule has 0 radical (unpaired) electrons. The van der Waals surface area contributed by atoms with E-state index >= 15 is 0 Å². The molecular weight excluding hydrogens is 306 g/mol. The molecule has 9 heteroatoms. The number of thioether (sulfide) groups is 1. The highest BCUT2D eigenvalue weighted by atomic mass is 32.2. The van der Waals surface area contributed by atoms with E-state index in [0.717, 1.165) is 5.82 Å². The Bertz CT molecular complexity index is 715. The van der Waals surface area contributed by atoms with Gasteiger partial charge in [-0.3, -0.25) is 14.9 Å². The highest BCUT2D eigenvalue weighted by molar-refractivity contribution is 8.00. The van der Waals surface area contributed by atoms with Gasteiger partial charge in [0, 0.05) is 13.1 Å². The molecule has 22 heavy (non-hydrogen) atoms. The summed E-state index contributed by atoms with van der Waals surface area (Å²) in [5.41, 5.74) is 0.0432. The first kappa shape index (κ1) is 16.0. The molecule has 0 fully saturated rings. The van der Waals surface area contributed by atoms with Crippen LogP contribution in [0.25, 0.3) is 0 Å². The molecule has 0 aliphatic heterocycles. The number of hydrogen-bond donors (Lipinski definition) is 1. The van der Waals surface area contributed by atoms with Crippen LogP contribution < -0.4 is 5.32 Å². The summed E-state index contributed by atoms with van der Waals surface area (Å²) in [6, 6.07) is 6.03. The summed E-state index contributed by atoms with van der Waals surface area (Å²) in [7, 11) is 1.81. The van der Waals surface area contributed by atoms with Gasteiger partial charge in [0.25, 0.3) is 5.69 Å². The lowest BCUT2D eigenvalue weighted by atomic mass is 10.2. The second-order valence-corrected chi connectivity index (χ2v) is 5.92. The van der Waals surface area contributed by atoms with Gasteiger partial charge < -0.3 is 9.88 Å². The van der Waals surface area contributed by atoms with Gasteiger partial charge in [-0.2, -0.15) is 0 Å². The van der Waals surface area contributed by atoms with Gasteiger partial charge in [-0.15, -0.1) is 10.2 Å². The third-order valence-corrected chi connectivity index (χ3v) is 4.20. The first-order chi connectivity index (χ1) is 10.4. The molecule has 0 saturated heterocycles. The summed E-state index contributed by atoms with van der Waals surface area (Å²) in [4.78, 5) is 22.6. The molecule has 0 unspecified atom stereocenters. The molecule has 1 heterocycles. The number of nitro benzene ring substituents is 1. The Morgan fingerprint density at radius 3 is 2.68 bits per heavy atom. The van der Waals surface area contributed by atoms with E-state index in [1.54, 1.807) is 23.6 Å². The second kappa shape index (κ2) is 6.56. The van der Waals surface area contributed by atoms with Gasteiger partial charge in [-0.1, -0.05) is 23.9 Å². The van der Waals surface area contributed by atoms with E-state index < -0.39 is 10.2 Å². The van der Waals surface area contributed by atoms with Crippen molar-refractivity contribution in [2.24, 2.45) is 7.05 Å². The van der Waals surface area contributed by atoms with Crippen LogP contribution >= 0.6 is 11.8 Å². The number of para-hydroxylation sites is 2. The maximum atomic E-state index is 12.2. The van der Waals surface area contributed by atoms with E-state index in [-0.39, 0.29) is 17.3 Å². The van der Waals surface area contributed by atoms with Gasteiger partial charge in [0.1, 0.15) is 11.5 Å². The van der Waals surface area contributed by atoms with Crippen LogP contribution in [0.1, 0.15) is 12.7 Å². The van der Waals surface area contributed by atoms with Gasteiger partial charge in [0.15, 0.2) is 5.16 Å². The lowest BCUT2D eigenvalue weighted by Crippen LogP contribution is -2.23. The monoisotopic (exact) mass is 321 g/mol. The van der Waals surface area contributed by atoms with Crippen molar-refractivity contribution in [1.29, 1.82) is 0 Å². The fourth-order valence-corrected chi connectivity index (χ4v) is 2.54. The minimum Gasteiger partial charge on any atom is -0.319 e. The Kier molecular flexibility index (Phi) is 4.76. The van der Waals surface area contributed by atoms with Crippen molar-refractivity contribution in [3.8, 4) is 0 Å². The van der Waals surface area contributed by atoms with E-state index in [1.165, 1.54) is 23.9 Å². The van der Waals surface area contributed by atoms with E-state index in [4.69, 9.17) is 0 Å². The molecule has 1 aromatic heterocycles. The zero-order valence-electron chi connectivity index (χ0n) is 12.3. The maximum absolute atomic E-state index is 12.2. The Morgan fingerprint density at radius 2 is 2.09 bits per heavy atom. The highest BCUT2D eigenvalue weighted by Gasteiger charge is 2.21. The van der Waals surface area contributed by atoms with Crippen molar-refractivity contribution in [3.05, 3.63) is 40.2 Å². The molecular formula is C13H15N5O3S. The number of amides is 1. The minimum atomic E-state index is -0.528. The summed E-state index contributed by atoms with van der Waals surface area (Å²) in [6.07, 6.45) is 0. The Labute approximate surface area is 131 Å². The van der Waals surface area contributed by atoms with Crippen LogP contribution in [0.2, 0.25) is 0 Å². The third-order valence-electron chi connectivity index (χ3n) is 3.06. The quantitative estimate of drug-likeness (QED) is 0.514. The number of rotatable bonds is 5. The third kappa shape index (κ3) is 3.42. The van der Waals surface area contributed by atoms with Crippen molar-refractivity contribution in [2.75, 3.05) is 5.32 Å². The second-order valence-electron chi connectivity index (χ2n) is 4.61. The standard InChI is InChI=1S/C13H15N5O3S/c1-8(22-13-16-15-9(2)17(13)3)12(19)14-10-6-4-5-7-11(10)18(20)21/h4-8H,1-3H3,(H,14,19)/t8-/m1/s1. The van der Waals surface area contributed by atoms with Crippen molar-refractivity contribution >= 4 is 29.0 Å². The van der Waals surface area contributed by atoms with Gasteiger partial charge in [-0.05, 0) is 19.9 Å². The molecule has 0 aliphatic carbocycles. The van der Waals surface area contributed by atoms with Crippen molar-refractivity contribution in [2.45, 2.75) is 24.3 Å². The largest absolute Gasteiger partial charge is 0.319 e. The predicted molar refractivity (Wildman–Crippen MR) is 82.8 cm³/mol. The number of carbonyl (C=O) groups excluding carboxylic acids is 1. The summed E-state index contributed by atoms with van der Waals surface area (Å²) in [5.74, 6) is 0.411. The molecule has 0 spiro atoms. The zero-order chi connectivity index (χ0) is 16.3. The Balaban J connectivity index is 2.09. The summed E-state index contributed by atoms with van der Waals surface area (Å²) >= 11 is 1.24. The van der Waals surface area contributed by atoms with Gasteiger partial charge in [0.2, 0.25) is 5.91 Å². The smallest absolute Gasteiger partial charge is 0.292 e. The van der Waals surface area contributed by atoms with Gasteiger partial charge in [-0.25, -0.2) is 0 Å². The zero-order valence-corrected chi connectivity index (χ0v) is 13.1. The van der Waals surface area contributed by atoms with Crippen LogP contribution in [0, 0.1) is 17.0 Å². The number of anilines is 1. The van der Waals surface area contributed by atoms with Crippen molar-refractivity contribution in [3.63, 3.8) is 0 Å². The molecule has 1 N–H and O–H groups in total. The minimum absolute atomic E-state index is 0.137. The molecule has 2 rings (SSSR count). The number of carbonyl (C=O) groups is 1. The van der Waals surface area contributed by atoms with E-state index in [0.29, 0.717) is 5.16 Å². The topological polar surface area (TPSA) is 103 Å². The van der Waals surface area contributed by atoms with Crippen LogP contribution in [-0.4, -0.2) is 30.8 Å².